The molecule has 0 radical (unpaired) electrons. The lowest BCUT2D eigenvalue weighted by Crippen LogP contribution is -2.28. The Morgan fingerprint density at radius 1 is 1.09 bits per heavy atom. The van der Waals surface area contributed by atoms with Crippen molar-refractivity contribution >= 4 is 73.7 Å². The van der Waals surface area contributed by atoms with Gasteiger partial charge in [0.05, 0.1) is 20.6 Å². The summed E-state index contributed by atoms with van der Waals surface area (Å²) in [4.78, 5) is 19.7. The Morgan fingerprint density at radius 2 is 1.85 bits per heavy atom. The molecule has 34 heavy (non-hydrogen) atoms. The molecule has 0 aliphatic carbocycles. The standard InChI is InChI=1S/C25H18BrCl2FN2O2S/c1-2-31-24(32)23(34-25(31)30-19-7-5-18(29)6-8-19)13-16-12-17(26)4-10-22(16)33-14-15-3-9-20(27)21(28)11-15/h3-13H,2,14H2,1H3/b23-13+,30-25?. The van der Waals surface area contributed by atoms with Crippen LogP contribution in [0.25, 0.3) is 6.08 Å². The third-order valence-electron chi connectivity index (χ3n) is 4.89. The van der Waals surface area contributed by atoms with E-state index in [2.05, 4.69) is 20.9 Å². The van der Waals surface area contributed by atoms with Crippen LogP contribution in [-0.4, -0.2) is 22.5 Å². The van der Waals surface area contributed by atoms with Crippen LogP contribution in [0.3, 0.4) is 0 Å². The van der Waals surface area contributed by atoms with Crippen molar-refractivity contribution in [2.24, 2.45) is 4.99 Å². The minimum absolute atomic E-state index is 0.149. The number of hydrogen-bond acceptors (Lipinski definition) is 4. The van der Waals surface area contributed by atoms with E-state index in [1.54, 1.807) is 35.2 Å². The number of aliphatic imine (C=N–C) groups is 1. The van der Waals surface area contributed by atoms with Crippen LogP contribution in [0.1, 0.15) is 18.1 Å². The lowest BCUT2D eigenvalue weighted by Gasteiger charge is -2.12. The molecule has 4 nitrogen and oxygen atoms in total. The van der Waals surface area contributed by atoms with E-state index in [1.165, 1.54) is 23.9 Å². The van der Waals surface area contributed by atoms with Gasteiger partial charge in [-0.05, 0) is 84.9 Å². The molecule has 1 fully saturated rings. The Morgan fingerprint density at radius 3 is 2.56 bits per heavy atom. The van der Waals surface area contributed by atoms with Gasteiger partial charge in [0.15, 0.2) is 5.17 Å². The largest absolute Gasteiger partial charge is 0.488 e. The van der Waals surface area contributed by atoms with Gasteiger partial charge in [-0.15, -0.1) is 0 Å². The second kappa shape index (κ2) is 11.0. The molecule has 0 N–H and O–H groups in total. The highest BCUT2D eigenvalue weighted by Crippen LogP contribution is 2.36. The summed E-state index contributed by atoms with van der Waals surface area (Å²) in [6, 6.07) is 16.8. The number of rotatable bonds is 6. The Kier molecular flexibility index (Phi) is 7.99. The van der Waals surface area contributed by atoms with Gasteiger partial charge in [0, 0.05) is 16.6 Å². The number of nitrogens with zero attached hydrogens (tertiary/aromatic N) is 2. The summed E-state index contributed by atoms with van der Waals surface area (Å²) in [5, 5.41) is 1.48. The van der Waals surface area contributed by atoms with Crippen molar-refractivity contribution in [2.75, 3.05) is 6.54 Å². The molecule has 3 aromatic carbocycles. The van der Waals surface area contributed by atoms with Crippen molar-refractivity contribution in [3.63, 3.8) is 0 Å². The fourth-order valence-electron chi connectivity index (χ4n) is 3.19. The first kappa shape index (κ1) is 24.8. The third-order valence-corrected chi connectivity index (χ3v) is 7.13. The summed E-state index contributed by atoms with van der Waals surface area (Å²) in [6.07, 6.45) is 1.79. The van der Waals surface area contributed by atoms with Gasteiger partial charge in [-0.1, -0.05) is 45.2 Å². The summed E-state index contributed by atoms with van der Waals surface area (Å²) in [6.45, 7) is 2.63. The molecule has 1 amide bonds. The molecule has 1 aliphatic rings. The van der Waals surface area contributed by atoms with Crippen LogP contribution >= 0.6 is 50.9 Å². The minimum atomic E-state index is -0.338. The van der Waals surface area contributed by atoms with Crippen LogP contribution in [0.4, 0.5) is 10.1 Å². The second-order valence-corrected chi connectivity index (χ2v) is 9.99. The van der Waals surface area contributed by atoms with Gasteiger partial charge in [0.25, 0.3) is 5.91 Å². The Balaban J connectivity index is 1.61. The maximum absolute atomic E-state index is 13.2. The molecule has 1 heterocycles. The first-order chi connectivity index (χ1) is 16.3. The number of halogens is 4. The number of thioether (sulfide) groups is 1. The van der Waals surface area contributed by atoms with E-state index in [0.717, 1.165) is 15.6 Å². The van der Waals surface area contributed by atoms with Crippen LogP contribution in [0.2, 0.25) is 10.0 Å². The SMILES string of the molecule is CCN1C(=O)/C(=C\c2cc(Br)ccc2OCc2ccc(Cl)c(Cl)c2)SC1=Nc1ccc(F)cc1. The van der Waals surface area contributed by atoms with Gasteiger partial charge < -0.3 is 4.74 Å². The minimum Gasteiger partial charge on any atom is -0.488 e. The summed E-state index contributed by atoms with van der Waals surface area (Å²) in [7, 11) is 0. The Labute approximate surface area is 219 Å². The zero-order valence-corrected chi connectivity index (χ0v) is 21.8. The summed E-state index contributed by atoms with van der Waals surface area (Å²) in [5.41, 5.74) is 2.18. The lowest BCUT2D eigenvalue weighted by molar-refractivity contribution is -0.122. The molecular formula is C25H18BrCl2FN2O2S. The van der Waals surface area contributed by atoms with Gasteiger partial charge in [-0.2, -0.15) is 0 Å². The fourth-order valence-corrected chi connectivity index (χ4v) is 4.94. The number of likely N-dealkylation sites (N-methyl/N-ethyl adjacent to an activating group) is 1. The molecule has 9 heteroatoms. The number of amides is 1. The molecule has 1 aliphatic heterocycles. The first-order valence-electron chi connectivity index (χ1n) is 10.3. The molecule has 0 aromatic heterocycles. The lowest BCUT2D eigenvalue weighted by atomic mass is 10.1. The van der Waals surface area contributed by atoms with Crippen molar-refractivity contribution < 1.29 is 13.9 Å². The fraction of sp³-hybridized carbons (Fsp3) is 0.120. The van der Waals surface area contributed by atoms with Crippen molar-refractivity contribution in [3.05, 3.63) is 97.0 Å². The highest BCUT2D eigenvalue weighted by molar-refractivity contribution is 9.10. The quantitative estimate of drug-likeness (QED) is 0.277. The normalized spacial score (nSPS) is 16.0. The van der Waals surface area contributed by atoms with Crippen LogP contribution in [0, 0.1) is 5.82 Å². The van der Waals surface area contributed by atoms with E-state index in [-0.39, 0.29) is 18.3 Å². The first-order valence-corrected chi connectivity index (χ1v) is 12.6. The predicted molar refractivity (Wildman–Crippen MR) is 141 cm³/mol. The van der Waals surface area contributed by atoms with Gasteiger partial charge >= 0.3 is 0 Å². The van der Waals surface area contributed by atoms with Crippen LogP contribution in [0.15, 0.2) is 75.0 Å². The molecule has 3 aromatic rings. The molecule has 4 rings (SSSR count). The van der Waals surface area contributed by atoms with E-state index in [4.69, 9.17) is 27.9 Å². The molecule has 0 atom stereocenters. The molecule has 0 bridgehead atoms. The van der Waals surface area contributed by atoms with Crippen molar-refractivity contribution in [3.8, 4) is 5.75 Å². The smallest absolute Gasteiger partial charge is 0.266 e. The number of carbonyl (C=O) groups is 1. The Hall–Kier alpha value is -2.32. The summed E-state index contributed by atoms with van der Waals surface area (Å²) < 4.78 is 20.1. The van der Waals surface area contributed by atoms with Gasteiger partial charge in [0.2, 0.25) is 0 Å². The number of ether oxygens (including phenoxy) is 1. The number of hydrogen-bond donors (Lipinski definition) is 0. The van der Waals surface area contributed by atoms with Crippen molar-refractivity contribution in [1.82, 2.24) is 4.90 Å². The van der Waals surface area contributed by atoms with E-state index in [1.807, 2.05) is 31.2 Å². The van der Waals surface area contributed by atoms with E-state index < -0.39 is 0 Å². The van der Waals surface area contributed by atoms with Crippen LogP contribution < -0.4 is 4.74 Å². The maximum atomic E-state index is 13.2. The molecule has 0 unspecified atom stereocenters. The van der Waals surface area contributed by atoms with Gasteiger partial charge in [0.1, 0.15) is 18.2 Å². The van der Waals surface area contributed by atoms with Crippen molar-refractivity contribution in [1.29, 1.82) is 0 Å². The van der Waals surface area contributed by atoms with E-state index in [9.17, 15) is 9.18 Å². The second-order valence-electron chi connectivity index (χ2n) is 7.25. The molecule has 0 spiro atoms. The van der Waals surface area contributed by atoms with Gasteiger partial charge in [-0.25, -0.2) is 9.38 Å². The predicted octanol–water partition coefficient (Wildman–Crippen LogP) is 8.10. The highest BCUT2D eigenvalue weighted by Gasteiger charge is 2.32. The van der Waals surface area contributed by atoms with Crippen LogP contribution in [-0.2, 0) is 11.4 Å². The number of amidine groups is 1. The Bertz CT molecular complexity index is 1300. The summed E-state index contributed by atoms with van der Waals surface area (Å²) >= 11 is 16.9. The maximum Gasteiger partial charge on any atom is 0.266 e. The van der Waals surface area contributed by atoms with Gasteiger partial charge in [-0.3, -0.25) is 9.69 Å². The van der Waals surface area contributed by atoms with Crippen molar-refractivity contribution in [2.45, 2.75) is 13.5 Å². The topological polar surface area (TPSA) is 41.9 Å². The average Bonchev–Trinajstić information content (AvgIpc) is 3.10. The third kappa shape index (κ3) is 5.84. The summed E-state index contributed by atoms with van der Waals surface area (Å²) in [5.74, 6) is 0.126. The zero-order valence-electron chi connectivity index (χ0n) is 17.9. The molecule has 1 saturated heterocycles. The highest BCUT2D eigenvalue weighted by atomic mass is 79.9. The zero-order chi connectivity index (χ0) is 24.2. The van der Waals surface area contributed by atoms with E-state index >= 15 is 0 Å². The molecule has 174 valence electrons. The monoisotopic (exact) mass is 578 g/mol. The van der Waals surface area contributed by atoms with Crippen LogP contribution in [0.5, 0.6) is 5.75 Å². The average molecular weight is 580 g/mol. The molecule has 0 saturated carbocycles. The number of carbonyl (C=O) groups excluding carboxylic acids is 1. The van der Waals surface area contributed by atoms with E-state index in [0.29, 0.717) is 38.1 Å². The number of benzene rings is 3. The molecular weight excluding hydrogens is 562 g/mol.